The van der Waals surface area contributed by atoms with Gasteiger partial charge in [-0.3, -0.25) is 0 Å². The molecule has 17 heavy (non-hydrogen) atoms. The molecule has 0 spiro atoms. The highest BCUT2D eigenvalue weighted by molar-refractivity contribution is 5.33. The summed E-state index contributed by atoms with van der Waals surface area (Å²) in [5, 5.41) is 0. The fourth-order valence-corrected chi connectivity index (χ4v) is 1.84. The van der Waals surface area contributed by atoms with E-state index in [9.17, 15) is 0 Å². The molecule has 1 aliphatic heterocycles. The van der Waals surface area contributed by atoms with Crippen molar-refractivity contribution in [2.24, 2.45) is 5.84 Å². The van der Waals surface area contributed by atoms with Crippen LogP contribution in [0.5, 0.6) is 0 Å². The third-order valence-electron chi connectivity index (χ3n) is 2.82. The average Bonchev–Trinajstić information content (AvgIpc) is 2.41. The number of nitrogens with zero attached hydrogens (tertiary/aromatic N) is 1. The van der Waals surface area contributed by atoms with Crippen LogP contribution in [0.4, 0.5) is 5.82 Å². The zero-order valence-corrected chi connectivity index (χ0v) is 9.89. The summed E-state index contributed by atoms with van der Waals surface area (Å²) in [5.74, 6) is 5.89. The number of pyridine rings is 1. The Balaban J connectivity index is 1.69. The Labute approximate surface area is 101 Å². The average molecular weight is 237 g/mol. The van der Waals surface area contributed by atoms with Crippen LogP contribution < -0.4 is 11.3 Å². The highest BCUT2D eigenvalue weighted by Crippen LogP contribution is 2.13. The maximum absolute atomic E-state index is 5.62. The predicted octanol–water partition coefficient (Wildman–Crippen LogP) is 1.45. The third-order valence-corrected chi connectivity index (χ3v) is 2.82. The molecule has 1 aromatic rings. The minimum Gasteiger partial charge on any atom is -0.376 e. The molecule has 0 aliphatic carbocycles. The molecule has 2 rings (SSSR count). The van der Waals surface area contributed by atoms with Crippen molar-refractivity contribution in [3.05, 3.63) is 23.9 Å². The largest absolute Gasteiger partial charge is 0.376 e. The van der Waals surface area contributed by atoms with Crippen LogP contribution >= 0.6 is 0 Å². The second-order valence-electron chi connectivity index (χ2n) is 4.20. The Bertz CT molecular complexity index is 323. The Morgan fingerprint density at radius 3 is 3.06 bits per heavy atom. The van der Waals surface area contributed by atoms with Crippen LogP contribution in [0.2, 0.25) is 0 Å². The summed E-state index contributed by atoms with van der Waals surface area (Å²) < 4.78 is 11.2. The van der Waals surface area contributed by atoms with E-state index >= 15 is 0 Å². The molecule has 5 nitrogen and oxygen atoms in total. The number of nitrogens with two attached hydrogens (primary N) is 1. The molecule has 1 aliphatic rings. The van der Waals surface area contributed by atoms with Crippen LogP contribution in [-0.4, -0.2) is 24.3 Å². The van der Waals surface area contributed by atoms with Crippen molar-refractivity contribution in [1.29, 1.82) is 0 Å². The zero-order chi connectivity index (χ0) is 11.9. The standard InChI is InChI=1S/C12H19N3O2/c13-15-12-5-4-10(7-14-12)8-16-9-11-3-1-2-6-17-11/h4-5,7,11H,1-3,6,8-9,13H2,(H,14,15). The number of nitrogens with one attached hydrogen (secondary N) is 1. The van der Waals surface area contributed by atoms with E-state index in [1.165, 1.54) is 12.8 Å². The highest BCUT2D eigenvalue weighted by atomic mass is 16.5. The lowest BCUT2D eigenvalue weighted by atomic mass is 10.1. The summed E-state index contributed by atoms with van der Waals surface area (Å²) in [7, 11) is 0. The molecule has 5 heteroatoms. The quantitative estimate of drug-likeness (QED) is 0.599. The molecule has 1 atom stereocenters. The fraction of sp³-hybridized carbons (Fsp3) is 0.583. The molecule has 0 saturated carbocycles. The van der Waals surface area contributed by atoms with E-state index in [1.807, 2.05) is 12.1 Å². The second kappa shape index (κ2) is 6.54. The number of hydrogen-bond acceptors (Lipinski definition) is 5. The van der Waals surface area contributed by atoms with Crippen LogP contribution in [-0.2, 0) is 16.1 Å². The van der Waals surface area contributed by atoms with Gasteiger partial charge in [0.1, 0.15) is 5.82 Å². The van der Waals surface area contributed by atoms with Crippen LogP contribution in [0.25, 0.3) is 0 Å². The normalized spacial score (nSPS) is 20.2. The monoisotopic (exact) mass is 237 g/mol. The first-order chi connectivity index (χ1) is 8.38. The first kappa shape index (κ1) is 12.3. The molecule has 0 aromatic carbocycles. The van der Waals surface area contributed by atoms with Crippen LogP contribution in [0.15, 0.2) is 18.3 Å². The van der Waals surface area contributed by atoms with Crippen molar-refractivity contribution in [2.75, 3.05) is 18.6 Å². The summed E-state index contributed by atoms with van der Waals surface area (Å²) in [4.78, 5) is 4.12. The SMILES string of the molecule is NNc1ccc(COCC2CCCCO2)cn1. The number of rotatable bonds is 5. The lowest BCUT2D eigenvalue weighted by Gasteiger charge is -2.22. The van der Waals surface area contributed by atoms with Crippen molar-refractivity contribution >= 4 is 5.82 Å². The molecular weight excluding hydrogens is 218 g/mol. The van der Waals surface area contributed by atoms with Crippen LogP contribution in [0.1, 0.15) is 24.8 Å². The number of ether oxygens (including phenoxy) is 2. The predicted molar refractivity (Wildman–Crippen MR) is 65.3 cm³/mol. The Morgan fingerprint density at radius 1 is 1.47 bits per heavy atom. The van der Waals surface area contributed by atoms with Gasteiger partial charge in [0.15, 0.2) is 0 Å². The summed E-state index contributed by atoms with van der Waals surface area (Å²) in [5.41, 5.74) is 3.53. The molecular formula is C12H19N3O2. The van der Waals surface area contributed by atoms with Crippen molar-refractivity contribution in [3.63, 3.8) is 0 Å². The molecule has 1 fully saturated rings. The number of aromatic nitrogens is 1. The minimum absolute atomic E-state index is 0.265. The van der Waals surface area contributed by atoms with E-state index in [0.29, 0.717) is 19.0 Å². The number of anilines is 1. The van der Waals surface area contributed by atoms with E-state index in [0.717, 1.165) is 18.6 Å². The third kappa shape index (κ3) is 3.96. The summed E-state index contributed by atoms with van der Waals surface area (Å²) >= 11 is 0. The van der Waals surface area contributed by atoms with Gasteiger partial charge in [-0.2, -0.15) is 0 Å². The first-order valence-corrected chi connectivity index (χ1v) is 5.99. The maximum atomic E-state index is 5.62. The van der Waals surface area contributed by atoms with Gasteiger partial charge in [-0.05, 0) is 30.9 Å². The molecule has 0 radical (unpaired) electrons. The lowest BCUT2D eigenvalue weighted by Crippen LogP contribution is -2.24. The topological polar surface area (TPSA) is 69.4 Å². The van der Waals surface area contributed by atoms with Gasteiger partial charge in [0, 0.05) is 12.8 Å². The minimum atomic E-state index is 0.265. The Hall–Kier alpha value is -1.17. The molecule has 1 saturated heterocycles. The van der Waals surface area contributed by atoms with Gasteiger partial charge in [0.25, 0.3) is 0 Å². The number of nitrogen functional groups attached to an aromatic ring is 1. The molecule has 94 valence electrons. The van der Waals surface area contributed by atoms with Gasteiger partial charge < -0.3 is 14.9 Å². The molecule has 1 unspecified atom stereocenters. The van der Waals surface area contributed by atoms with E-state index < -0.39 is 0 Å². The van der Waals surface area contributed by atoms with Crippen molar-refractivity contribution in [2.45, 2.75) is 32.0 Å². The summed E-state index contributed by atoms with van der Waals surface area (Å²) in [6.07, 6.45) is 5.55. The van der Waals surface area contributed by atoms with Gasteiger partial charge in [0.2, 0.25) is 0 Å². The molecule has 1 aromatic heterocycles. The number of hydrazine groups is 1. The van der Waals surface area contributed by atoms with Gasteiger partial charge in [0.05, 0.1) is 19.3 Å². The second-order valence-corrected chi connectivity index (χ2v) is 4.20. The van der Waals surface area contributed by atoms with E-state index in [-0.39, 0.29) is 6.10 Å². The first-order valence-electron chi connectivity index (χ1n) is 5.99. The molecule has 2 heterocycles. The Kier molecular flexibility index (Phi) is 4.73. The van der Waals surface area contributed by atoms with Crippen molar-refractivity contribution < 1.29 is 9.47 Å². The smallest absolute Gasteiger partial charge is 0.139 e. The fourth-order valence-electron chi connectivity index (χ4n) is 1.84. The van der Waals surface area contributed by atoms with Gasteiger partial charge in [-0.1, -0.05) is 6.07 Å². The van der Waals surface area contributed by atoms with E-state index in [1.54, 1.807) is 6.20 Å². The summed E-state index contributed by atoms with van der Waals surface area (Å²) in [6.45, 7) is 2.10. The zero-order valence-electron chi connectivity index (χ0n) is 9.89. The molecule has 0 amide bonds. The van der Waals surface area contributed by atoms with E-state index in [2.05, 4.69) is 10.4 Å². The highest BCUT2D eigenvalue weighted by Gasteiger charge is 2.13. The van der Waals surface area contributed by atoms with Gasteiger partial charge in [-0.25, -0.2) is 10.8 Å². The van der Waals surface area contributed by atoms with Gasteiger partial charge in [-0.15, -0.1) is 0 Å². The molecule has 3 N–H and O–H groups in total. The van der Waals surface area contributed by atoms with Crippen LogP contribution in [0.3, 0.4) is 0 Å². The number of hydrogen-bond donors (Lipinski definition) is 2. The Morgan fingerprint density at radius 2 is 2.41 bits per heavy atom. The molecule has 0 bridgehead atoms. The van der Waals surface area contributed by atoms with Crippen molar-refractivity contribution in [3.8, 4) is 0 Å². The van der Waals surface area contributed by atoms with Gasteiger partial charge >= 0.3 is 0 Å². The van der Waals surface area contributed by atoms with E-state index in [4.69, 9.17) is 15.3 Å². The maximum Gasteiger partial charge on any atom is 0.139 e. The van der Waals surface area contributed by atoms with Crippen molar-refractivity contribution in [1.82, 2.24) is 4.98 Å². The lowest BCUT2D eigenvalue weighted by molar-refractivity contribution is -0.0448. The summed E-state index contributed by atoms with van der Waals surface area (Å²) in [6, 6.07) is 3.78. The van der Waals surface area contributed by atoms with Crippen LogP contribution in [0, 0.1) is 0 Å².